The Labute approximate surface area is 102 Å². The predicted molar refractivity (Wildman–Crippen MR) is 62.8 cm³/mol. The molecule has 0 bridgehead atoms. The number of hydrogen-bond donors (Lipinski definition) is 1. The summed E-state index contributed by atoms with van der Waals surface area (Å²) in [6, 6.07) is 0. The van der Waals surface area contributed by atoms with Gasteiger partial charge in [0.05, 0.1) is 0 Å². The summed E-state index contributed by atoms with van der Waals surface area (Å²) in [7, 11) is 0. The Morgan fingerprint density at radius 1 is 1.19 bits per heavy atom. The number of nitrogens with zero attached hydrogens (tertiary/aromatic N) is 2. The Balaban J connectivity index is 0.000000963. The molecule has 1 saturated heterocycles. The fourth-order valence-electron chi connectivity index (χ4n) is 2.19. The Kier molecular flexibility index (Phi) is 3.82. The molecule has 1 N–H and O–H groups in total. The maximum atomic E-state index is 5.25. The second kappa shape index (κ2) is 5.15. The lowest BCUT2D eigenvalue weighted by atomic mass is 9.94. The largest absolute Gasteiger partial charge is 0.339 e. The summed E-state index contributed by atoms with van der Waals surface area (Å²) in [5.74, 6) is 3.12. The number of halogens is 1. The maximum absolute atomic E-state index is 5.25. The van der Waals surface area contributed by atoms with E-state index in [1.54, 1.807) is 0 Å². The van der Waals surface area contributed by atoms with Gasteiger partial charge in [0, 0.05) is 12.3 Å². The topological polar surface area (TPSA) is 51.0 Å². The minimum absolute atomic E-state index is 0. The van der Waals surface area contributed by atoms with Crippen LogP contribution in [0.4, 0.5) is 0 Å². The summed E-state index contributed by atoms with van der Waals surface area (Å²) < 4.78 is 5.25. The van der Waals surface area contributed by atoms with E-state index in [0.717, 1.165) is 37.1 Å². The molecule has 4 nitrogen and oxygen atoms in total. The van der Waals surface area contributed by atoms with E-state index in [1.165, 1.54) is 25.7 Å². The summed E-state index contributed by atoms with van der Waals surface area (Å²) in [4.78, 5) is 4.47. The molecule has 0 radical (unpaired) electrons. The van der Waals surface area contributed by atoms with Crippen LogP contribution in [-0.2, 0) is 6.42 Å². The summed E-state index contributed by atoms with van der Waals surface area (Å²) in [5.41, 5.74) is 0. The fourth-order valence-corrected chi connectivity index (χ4v) is 2.19. The van der Waals surface area contributed by atoms with Crippen molar-refractivity contribution < 1.29 is 4.52 Å². The highest BCUT2D eigenvalue weighted by Crippen LogP contribution is 2.38. The van der Waals surface area contributed by atoms with E-state index in [4.69, 9.17) is 4.52 Å². The molecule has 16 heavy (non-hydrogen) atoms. The maximum Gasteiger partial charge on any atom is 0.229 e. The van der Waals surface area contributed by atoms with Gasteiger partial charge in [-0.2, -0.15) is 4.98 Å². The van der Waals surface area contributed by atoms with Crippen LogP contribution in [0.25, 0.3) is 0 Å². The number of piperidine rings is 1. The number of aromatic nitrogens is 2. The third kappa shape index (κ3) is 2.74. The van der Waals surface area contributed by atoms with Crippen molar-refractivity contribution in [1.82, 2.24) is 15.5 Å². The molecule has 5 heteroatoms. The van der Waals surface area contributed by atoms with E-state index >= 15 is 0 Å². The van der Waals surface area contributed by atoms with E-state index < -0.39 is 0 Å². The lowest BCUT2D eigenvalue weighted by molar-refractivity contribution is 0.347. The van der Waals surface area contributed by atoms with Crippen LogP contribution in [0.1, 0.15) is 43.3 Å². The summed E-state index contributed by atoms with van der Waals surface area (Å²) in [6.45, 7) is 2.27. The van der Waals surface area contributed by atoms with Gasteiger partial charge in [-0.05, 0) is 44.7 Å². The van der Waals surface area contributed by atoms with Crippen LogP contribution in [-0.4, -0.2) is 23.2 Å². The first-order valence-corrected chi connectivity index (χ1v) is 5.95. The van der Waals surface area contributed by atoms with Crippen LogP contribution in [0.3, 0.4) is 0 Å². The van der Waals surface area contributed by atoms with Gasteiger partial charge in [-0.15, -0.1) is 12.4 Å². The molecule has 0 aromatic carbocycles. The van der Waals surface area contributed by atoms with Crippen molar-refractivity contribution in [3.8, 4) is 0 Å². The van der Waals surface area contributed by atoms with E-state index in [0.29, 0.717) is 5.92 Å². The molecule has 2 heterocycles. The molecule has 0 atom stereocenters. The van der Waals surface area contributed by atoms with Gasteiger partial charge in [0.25, 0.3) is 0 Å². The average Bonchev–Trinajstić information content (AvgIpc) is 3.02. The molecule has 2 fully saturated rings. The van der Waals surface area contributed by atoms with Crippen molar-refractivity contribution >= 4 is 12.4 Å². The van der Waals surface area contributed by atoms with Gasteiger partial charge in [0.1, 0.15) is 0 Å². The first kappa shape index (κ1) is 11.9. The fraction of sp³-hybridized carbons (Fsp3) is 0.818. The van der Waals surface area contributed by atoms with Crippen molar-refractivity contribution in [2.24, 2.45) is 5.92 Å². The van der Waals surface area contributed by atoms with Crippen molar-refractivity contribution in [3.05, 3.63) is 11.7 Å². The lowest BCUT2D eigenvalue weighted by Gasteiger charge is -2.20. The zero-order valence-electron chi connectivity index (χ0n) is 9.32. The average molecular weight is 244 g/mol. The van der Waals surface area contributed by atoms with Gasteiger partial charge in [-0.3, -0.25) is 0 Å². The van der Waals surface area contributed by atoms with Crippen LogP contribution in [0.15, 0.2) is 4.52 Å². The molecule has 1 aromatic heterocycles. The smallest absolute Gasteiger partial charge is 0.229 e. The van der Waals surface area contributed by atoms with Crippen molar-refractivity contribution in [1.29, 1.82) is 0 Å². The minimum Gasteiger partial charge on any atom is -0.339 e. The standard InChI is InChI=1S/C11H17N3O.ClH/c1-2-9(1)11-13-10(14-15-11)7-8-3-5-12-6-4-8;/h8-9,12H,1-7H2;1H. The van der Waals surface area contributed by atoms with E-state index in [9.17, 15) is 0 Å². The van der Waals surface area contributed by atoms with Crippen LogP contribution in [0.2, 0.25) is 0 Å². The molecule has 1 aromatic rings. The quantitative estimate of drug-likeness (QED) is 0.881. The second-order valence-electron chi connectivity index (χ2n) is 4.72. The van der Waals surface area contributed by atoms with Crippen molar-refractivity contribution in [2.75, 3.05) is 13.1 Å². The third-order valence-corrected chi connectivity index (χ3v) is 3.34. The van der Waals surface area contributed by atoms with E-state index in [-0.39, 0.29) is 12.4 Å². The number of hydrogen-bond acceptors (Lipinski definition) is 4. The molecule has 1 aliphatic carbocycles. The molecule has 1 saturated carbocycles. The van der Waals surface area contributed by atoms with Crippen molar-refractivity contribution in [3.63, 3.8) is 0 Å². The molecule has 1 aliphatic heterocycles. The SMILES string of the molecule is C1CC(Cc2noc(C3CC3)n2)CCN1.Cl. The Morgan fingerprint density at radius 2 is 1.94 bits per heavy atom. The Morgan fingerprint density at radius 3 is 2.62 bits per heavy atom. The molecule has 0 spiro atoms. The number of rotatable bonds is 3. The summed E-state index contributed by atoms with van der Waals surface area (Å²) in [6.07, 6.45) is 5.95. The highest BCUT2D eigenvalue weighted by atomic mass is 35.5. The number of nitrogens with one attached hydrogen (secondary N) is 1. The zero-order chi connectivity index (χ0) is 10.1. The highest BCUT2D eigenvalue weighted by Gasteiger charge is 2.29. The predicted octanol–water partition coefficient (Wildman–Crippen LogP) is 1.91. The molecular formula is C11H18ClN3O. The first-order chi connectivity index (χ1) is 7.42. The monoisotopic (exact) mass is 243 g/mol. The minimum atomic E-state index is 0. The van der Waals surface area contributed by atoms with Gasteiger partial charge < -0.3 is 9.84 Å². The van der Waals surface area contributed by atoms with Crippen LogP contribution in [0, 0.1) is 5.92 Å². The van der Waals surface area contributed by atoms with Gasteiger partial charge >= 0.3 is 0 Å². The van der Waals surface area contributed by atoms with Gasteiger partial charge in [0.15, 0.2) is 5.82 Å². The first-order valence-electron chi connectivity index (χ1n) is 5.95. The molecule has 0 amide bonds. The van der Waals surface area contributed by atoms with E-state index in [2.05, 4.69) is 15.5 Å². The zero-order valence-corrected chi connectivity index (χ0v) is 10.1. The van der Waals surface area contributed by atoms with Crippen LogP contribution in [0.5, 0.6) is 0 Å². The second-order valence-corrected chi connectivity index (χ2v) is 4.72. The van der Waals surface area contributed by atoms with Gasteiger partial charge in [0.2, 0.25) is 5.89 Å². The molecule has 0 unspecified atom stereocenters. The summed E-state index contributed by atoms with van der Waals surface area (Å²) >= 11 is 0. The molecule has 2 aliphatic rings. The molecule has 90 valence electrons. The van der Waals surface area contributed by atoms with E-state index in [1.807, 2.05) is 0 Å². The normalized spacial score (nSPS) is 21.8. The summed E-state index contributed by atoms with van der Waals surface area (Å²) in [5, 5.41) is 7.43. The van der Waals surface area contributed by atoms with Gasteiger partial charge in [-0.25, -0.2) is 0 Å². The van der Waals surface area contributed by atoms with Crippen LogP contribution >= 0.6 is 12.4 Å². The Hall–Kier alpha value is -0.610. The van der Waals surface area contributed by atoms with Crippen molar-refractivity contribution in [2.45, 2.75) is 38.0 Å². The van der Waals surface area contributed by atoms with Gasteiger partial charge in [-0.1, -0.05) is 5.16 Å². The highest BCUT2D eigenvalue weighted by molar-refractivity contribution is 5.85. The molecular weight excluding hydrogens is 226 g/mol. The molecule has 3 rings (SSSR count). The lowest BCUT2D eigenvalue weighted by Crippen LogP contribution is -2.28. The third-order valence-electron chi connectivity index (χ3n) is 3.34. The van der Waals surface area contributed by atoms with Crippen LogP contribution < -0.4 is 5.32 Å². The Bertz CT molecular complexity index is 332.